The molecule has 1 fully saturated rings. The highest BCUT2D eigenvalue weighted by atomic mass is 32.2. The summed E-state index contributed by atoms with van der Waals surface area (Å²) in [4.78, 5) is 11.0. The number of benzene rings is 1. The maximum atomic E-state index is 11.4. The quantitative estimate of drug-likeness (QED) is 0.679. The Bertz CT molecular complexity index is 527. The minimum atomic E-state index is -3.67. The predicted octanol–water partition coefficient (Wildman–Crippen LogP) is -0.555. The van der Waals surface area contributed by atoms with E-state index in [1.807, 2.05) is 4.72 Å². The average Bonchev–Trinajstić information content (AvgIpc) is 2.43. The topological polar surface area (TPSA) is 92.5 Å². The second-order valence-electron chi connectivity index (χ2n) is 3.50. The zero-order valence-electron chi connectivity index (χ0n) is 8.38. The smallest absolute Gasteiger partial charge is 0.304 e. The van der Waals surface area contributed by atoms with Crippen molar-refractivity contribution >= 4 is 21.8 Å². The van der Waals surface area contributed by atoms with E-state index < -0.39 is 16.1 Å². The highest BCUT2D eigenvalue weighted by molar-refractivity contribution is 7.88. The molecule has 1 aromatic carbocycles. The summed E-state index contributed by atoms with van der Waals surface area (Å²) in [5.74, 6) is -0.519. The first-order valence-corrected chi connectivity index (χ1v) is 6.07. The van der Waals surface area contributed by atoms with E-state index in [0.717, 1.165) is 4.31 Å². The molecule has 6 nitrogen and oxygen atoms in total. The molecule has 0 bridgehead atoms. The molecule has 0 radical (unpaired) electrons. The summed E-state index contributed by atoms with van der Waals surface area (Å²) in [6.07, 6.45) is 0. The van der Waals surface area contributed by atoms with Crippen molar-refractivity contribution in [3.63, 3.8) is 0 Å². The van der Waals surface area contributed by atoms with E-state index in [0.29, 0.717) is 11.3 Å². The molecule has 1 aromatic rings. The molecule has 0 atom stereocenters. The van der Waals surface area contributed by atoms with Gasteiger partial charge in [-0.25, -0.2) is 4.72 Å². The van der Waals surface area contributed by atoms with Crippen molar-refractivity contribution in [1.82, 2.24) is 9.03 Å². The van der Waals surface area contributed by atoms with Gasteiger partial charge in [0.15, 0.2) is 0 Å². The van der Waals surface area contributed by atoms with Crippen molar-refractivity contribution in [3.05, 3.63) is 29.8 Å². The lowest BCUT2D eigenvalue weighted by Crippen LogP contribution is -2.29. The Labute approximate surface area is 93.2 Å². The Hall–Kier alpha value is -1.60. The summed E-state index contributed by atoms with van der Waals surface area (Å²) in [5.41, 5.74) is 6.89. The van der Waals surface area contributed by atoms with Crippen molar-refractivity contribution in [2.75, 3.05) is 12.3 Å². The number of rotatable bonds is 2. The van der Waals surface area contributed by atoms with Gasteiger partial charge in [-0.3, -0.25) is 4.79 Å². The third-order valence-electron chi connectivity index (χ3n) is 2.30. The Morgan fingerprint density at radius 2 is 2.06 bits per heavy atom. The highest BCUT2D eigenvalue weighted by Gasteiger charge is 2.33. The summed E-state index contributed by atoms with van der Waals surface area (Å²) in [6, 6.07) is 6.95. The van der Waals surface area contributed by atoms with E-state index in [2.05, 4.69) is 0 Å². The molecule has 0 aromatic heterocycles. The van der Waals surface area contributed by atoms with E-state index in [9.17, 15) is 13.2 Å². The molecule has 7 heteroatoms. The molecule has 0 aliphatic carbocycles. The van der Waals surface area contributed by atoms with Crippen LogP contribution in [0, 0.1) is 0 Å². The van der Waals surface area contributed by atoms with E-state index in [-0.39, 0.29) is 13.1 Å². The van der Waals surface area contributed by atoms with Gasteiger partial charge in [0.1, 0.15) is 0 Å². The lowest BCUT2D eigenvalue weighted by atomic mass is 10.2. The fourth-order valence-corrected chi connectivity index (χ4v) is 2.57. The number of nitrogens with zero attached hydrogens (tertiary/aromatic N) is 1. The molecule has 1 amide bonds. The van der Waals surface area contributed by atoms with Gasteiger partial charge in [-0.2, -0.15) is 12.7 Å². The second-order valence-corrected chi connectivity index (χ2v) is 5.17. The Kier molecular flexibility index (Phi) is 2.56. The highest BCUT2D eigenvalue weighted by Crippen LogP contribution is 2.16. The van der Waals surface area contributed by atoms with Crippen molar-refractivity contribution in [1.29, 1.82) is 0 Å². The predicted molar refractivity (Wildman–Crippen MR) is 58.3 cm³/mol. The zero-order valence-corrected chi connectivity index (χ0v) is 9.20. The van der Waals surface area contributed by atoms with Crippen LogP contribution in [-0.2, 0) is 21.5 Å². The number of nitrogen functional groups attached to an aromatic ring is 1. The fraction of sp³-hybridized carbons (Fsp3) is 0.222. The number of amides is 1. The Morgan fingerprint density at radius 1 is 1.38 bits per heavy atom. The summed E-state index contributed by atoms with van der Waals surface area (Å²) < 4.78 is 25.8. The molecule has 0 unspecified atom stereocenters. The lowest BCUT2D eigenvalue weighted by molar-refractivity contribution is -0.118. The van der Waals surface area contributed by atoms with E-state index >= 15 is 0 Å². The van der Waals surface area contributed by atoms with Gasteiger partial charge in [0.25, 0.3) is 0 Å². The first kappa shape index (κ1) is 10.9. The van der Waals surface area contributed by atoms with Crippen LogP contribution < -0.4 is 10.5 Å². The van der Waals surface area contributed by atoms with Crippen molar-refractivity contribution in [2.24, 2.45) is 0 Å². The number of nitrogens with two attached hydrogens (primary N) is 1. The van der Waals surface area contributed by atoms with Crippen LogP contribution in [0.4, 0.5) is 5.69 Å². The van der Waals surface area contributed by atoms with Crippen molar-refractivity contribution < 1.29 is 13.2 Å². The van der Waals surface area contributed by atoms with Crippen LogP contribution in [0.5, 0.6) is 0 Å². The summed E-state index contributed by atoms with van der Waals surface area (Å²) in [7, 11) is -3.67. The van der Waals surface area contributed by atoms with E-state index in [4.69, 9.17) is 5.73 Å². The second kappa shape index (κ2) is 3.76. The van der Waals surface area contributed by atoms with Gasteiger partial charge in [0.05, 0.1) is 6.54 Å². The van der Waals surface area contributed by atoms with Crippen molar-refractivity contribution in [2.45, 2.75) is 6.54 Å². The number of hydrogen-bond acceptors (Lipinski definition) is 4. The van der Waals surface area contributed by atoms with Crippen molar-refractivity contribution in [3.8, 4) is 0 Å². The van der Waals surface area contributed by atoms with Gasteiger partial charge in [-0.05, 0) is 11.6 Å². The summed E-state index contributed by atoms with van der Waals surface area (Å²) in [5, 5.41) is 0. The summed E-state index contributed by atoms with van der Waals surface area (Å²) in [6.45, 7) is -0.0512. The maximum Gasteiger partial charge on any atom is 0.304 e. The third kappa shape index (κ3) is 2.00. The van der Waals surface area contributed by atoms with Crippen LogP contribution in [0.25, 0.3) is 0 Å². The molecule has 1 heterocycles. The Morgan fingerprint density at radius 3 is 2.62 bits per heavy atom. The number of nitrogens with one attached hydrogen (secondary N) is 1. The van der Waals surface area contributed by atoms with Crippen LogP contribution in [-0.4, -0.2) is 25.2 Å². The maximum absolute atomic E-state index is 11.4. The normalized spacial score (nSPS) is 19.6. The fourth-order valence-electron chi connectivity index (χ4n) is 1.49. The van der Waals surface area contributed by atoms with Crippen LogP contribution in [0.2, 0.25) is 0 Å². The number of para-hydroxylation sites is 1. The van der Waals surface area contributed by atoms with Crippen LogP contribution in [0.15, 0.2) is 24.3 Å². The molecule has 16 heavy (non-hydrogen) atoms. The molecule has 86 valence electrons. The van der Waals surface area contributed by atoms with Gasteiger partial charge in [-0.1, -0.05) is 18.2 Å². The van der Waals surface area contributed by atoms with E-state index in [1.54, 1.807) is 24.3 Å². The molecular formula is C9H11N3O3S. The molecule has 1 saturated heterocycles. The third-order valence-corrected chi connectivity index (χ3v) is 3.73. The lowest BCUT2D eigenvalue weighted by Gasteiger charge is -2.13. The monoisotopic (exact) mass is 241 g/mol. The minimum absolute atomic E-state index is 0.105. The average molecular weight is 241 g/mol. The molecule has 0 saturated carbocycles. The zero-order chi connectivity index (χ0) is 11.8. The molecule has 0 spiro atoms. The number of hydrogen-bond donors (Lipinski definition) is 2. The number of anilines is 1. The van der Waals surface area contributed by atoms with Gasteiger partial charge in [-0.15, -0.1) is 0 Å². The minimum Gasteiger partial charge on any atom is -0.398 e. The molecular weight excluding hydrogens is 230 g/mol. The SMILES string of the molecule is Nc1ccccc1CN1CC(=O)NS1(=O)=O. The number of carbonyl (C=O) groups excluding carboxylic acids is 1. The molecule has 1 aliphatic heterocycles. The molecule has 2 rings (SSSR count). The van der Waals surface area contributed by atoms with Crippen LogP contribution >= 0.6 is 0 Å². The standard InChI is InChI=1S/C9H11N3O3S/c10-8-4-2-1-3-7(8)5-12-6-9(13)11-16(12,14)15/h1-4H,5-6,10H2,(H,11,13). The van der Waals surface area contributed by atoms with E-state index in [1.165, 1.54) is 0 Å². The first-order chi connectivity index (χ1) is 7.49. The van der Waals surface area contributed by atoms with Crippen LogP contribution in [0.1, 0.15) is 5.56 Å². The van der Waals surface area contributed by atoms with Gasteiger partial charge >= 0.3 is 10.2 Å². The molecule has 1 aliphatic rings. The summed E-state index contributed by atoms with van der Waals surface area (Å²) >= 11 is 0. The largest absolute Gasteiger partial charge is 0.398 e. The van der Waals surface area contributed by atoms with Gasteiger partial charge in [0.2, 0.25) is 5.91 Å². The van der Waals surface area contributed by atoms with Crippen LogP contribution in [0.3, 0.4) is 0 Å². The Balaban J connectivity index is 2.23. The van der Waals surface area contributed by atoms with Gasteiger partial charge in [0, 0.05) is 12.2 Å². The first-order valence-electron chi connectivity index (χ1n) is 4.63. The van der Waals surface area contributed by atoms with Gasteiger partial charge < -0.3 is 5.73 Å². The number of carbonyl (C=O) groups is 1. The molecule has 3 N–H and O–H groups in total.